The van der Waals surface area contributed by atoms with Gasteiger partial charge in [0, 0.05) is 17.4 Å². The van der Waals surface area contributed by atoms with Crippen LogP contribution in [0.4, 0.5) is 11.4 Å². The van der Waals surface area contributed by atoms with Gasteiger partial charge in [0.2, 0.25) is 0 Å². The molecule has 0 fully saturated rings. The van der Waals surface area contributed by atoms with E-state index >= 15 is 0 Å². The van der Waals surface area contributed by atoms with Crippen LogP contribution in [0.3, 0.4) is 0 Å². The number of anilines is 2. The molecule has 3 N–H and O–H groups in total. The number of nitrogens with zero attached hydrogens (tertiary/aromatic N) is 2. The Hall–Kier alpha value is -5.31. The lowest BCUT2D eigenvalue weighted by Gasteiger charge is -2.43. The number of carboxylic acid groups (broad SMARTS) is 1. The molecule has 2 atom stereocenters. The minimum atomic E-state index is -0.895. The Morgan fingerprint density at radius 1 is 0.978 bits per heavy atom. The number of rotatable bonds is 7. The number of fused-ring (bicyclic) bond motifs is 1. The summed E-state index contributed by atoms with van der Waals surface area (Å²) in [6.07, 6.45) is 8.10. The highest BCUT2D eigenvalue weighted by Gasteiger charge is 2.38. The Balaban J connectivity index is 0.000000389. The van der Waals surface area contributed by atoms with Crippen molar-refractivity contribution in [3.63, 3.8) is 0 Å². The number of hydrogen-bond donors (Lipinski definition) is 2. The van der Waals surface area contributed by atoms with Crippen LogP contribution in [0.15, 0.2) is 119 Å². The fraction of sp³-hybridized carbons (Fsp3) is 0.250. The van der Waals surface area contributed by atoms with Gasteiger partial charge in [0.15, 0.2) is 11.5 Å². The van der Waals surface area contributed by atoms with Crippen molar-refractivity contribution in [2.45, 2.75) is 52.6 Å². The molecule has 0 saturated carbocycles. The van der Waals surface area contributed by atoms with Gasteiger partial charge in [-0.25, -0.2) is 0 Å². The topological polar surface area (TPSA) is 130 Å². The van der Waals surface area contributed by atoms with E-state index in [0.717, 1.165) is 22.5 Å². The first-order valence-corrected chi connectivity index (χ1v) is 14.7. The molecule has 2 amide bonds. The Morgan fingerprint density at radius 3 is 2.09 bits per heavy atom. The monoisotopic (exact) mass is 613 g/mol. The number of carboxylic acids is 1. The summed E-state index contributed by atoms with van der Waals surface area (Å²) < 4.78 is 10.1. The summed E-state index contributed by atoms with van der Waals surface area (Å²) in [5, 5.41) is 9.56. The van der Waals surface area contributed by atoms with E-state index in [1.54, 1.807) is 35.4 Å². The minimum absolute atomic E-state index is 0.124. The Labute approximate surface area is 265 Å². The molecule has 1 aliphatic heterocycles. The highest BCUT2D eigenvalue weighted by molar-refractivity contribution is 6.05. The third-order valence-electron chi connectivity index (χ3n) is 6.42. The fourth-order valence-corrected chi connectivity index (χ4v) is 4.61. The number of amides is 2. The normalized spacial score (nSPS) is 14.4. The molecular formula is C36H43N3O6. The van der Waals surface area contributed by atoms with Crippen LogP contribution < -0.4 is 15.5 Å². The zero-order valence-electron chi connectivity index (χ0n) is 26.4. The van der Waals surface area contributed by atoms with Crippen molar-refractivity contribution in [2.75, 3.05) is 16.3 Å². The maximum atomic E-state index is 13.2. The second-order valence-corrected chi connectivity index (χ2v) is 10.2. The quantitative estimate of drug-likeness (QED) is 0.203. The van der Waals surface area contributed by atoms with Crippen molar-refractivity contribution in [1.29, 1.82) is 0 Å². The zero-order chi connectivity index (χ0) is 33.4. The van der Waals surface area contributed by atoms with Crippen molar-refractivity contribution < 1.29 is 28.3 Å². The summed E-state index contributed by atoms with van der Waals surface area (Å²) in [5.41, 5.74) is 8.27. The molecule has 2 aromatic heterocycles. The van der Waals surface area contributed by atoms with E-state index in [-0.39, 0.29) is 30.3 Å². The molecule has 0 radical (unpaired) electrons. The number of carbonyl (C=O) groups excluding carboxylic acids is 2. The summed E-state index contributed by atoms with van der Waals surface area (Å²) in [6, 6.07) is 21.8. The highest BCUT2D eigenvalue weighted by Crippen LogP contribution is 2.42. The summed E-state index contributed by atoms with van der Waals surface area (Å²) in [6.45, 7) is 14.7. The van der Waals surface area contributed by atoms with Crippen LogP contribution in [-0.2, 0) is 4.79 Å². The molecule has 0 bridgehead atoms. The van der Waals surface area contributed by atoms with Gasteiger partial charge < -0.3 is 29.5 Å². The van der Waals surface area contributed by atoms with Crippen LogP contribution in [0.5, 0.6) is 0 Å². The molecule has 9 heteroatoms. The standard InChI is InChI=1S/C24H24N2O4.C5H5NO2.C4H6.C3H8/c1-16-12-22(30-15-16)24(29)26-17(2)13-21(19-10-6-7-11-20(19)26)25(14-23(27)28)18-8-4-3-5-9-18;6-5(7)4-2-1-3-8-4;1-3-4-2;1-3-2/h3-12,15,17,21H,13-14H2,1-2H3,(H,27,28);1-3H,(H2,6,7);3-4H,1-2H2;3H2,1-2H3. The molecule has 45 heavy (non-hydrogen) atoms. The predicted octanol–water partition coefficient (Wildman–Crippen LogP) is 7.81. The fourth-order valence-electron chi connectivity index (χ4n) is 4.61. The van der Waals surface area contributed by atoms with Crippen LogP contribution in [0.1, 0.15) is 71.9 Å². The smallest absolute Gasteiger partial charge is 0.323 e. The Morgan fingerprint density at radius 2 is 1.60 bits per heavy atom. The van der Waals surface area contributed by atoms with E-state index in [1.165, 1.54) is 18.8 Å². The van der Waals surface area contributed by atoms with Gasteiger partial charge in [-0.05, 0) is 67.8 Å². The SMILES string of the molecule is C=CC=C.CCC.Cc1coc(C(=O)N2c3ccccc3C(N(CC(=O)O)c3ccccc3)CC2C)c1.NC(=O)c1ccco1. The number of carbonyl (C=O) groups is 3. The summed E-state index contributed by atoms with van der Waals surface area (Å²) in [7, 11) is 0. The molecule has 4 aromatic rings. The molecule has 0 spiro atoms. The summed E-state index contributed by atoms with van der Waals surface area (Å²) >= 11 is 0. The minimum Gasteiger partial charge on any atom is -0.480 e. The summed E-state index contributed by atoms with van der Waals surface area (Å²) in [4.78, 5) is 38.7. The average molecular weight is 614 g/mol. The highest BCUT2D eigenvalue weighted by atomic mass is 16.4. The lowest BCUT2D eigenvalue weighted by Crippen LogP contribution is -2.47. The van der Waals surface area contributed by atoms with Gasteiger partial charge >= 0.3 is 5.97 Å². The molecular weight excluding hydrogens is 570 g/mol. The lowest BCUT2D eigenvalue weighted by atomic mass is 9.89. The largest absolute Gasteiger partial charge is 0.480 e. The first-order valence-electron chi connectivity index (χ1n) is 14.7. The molecule has 5 rings (SSSR count). The maximum absolute atomic E-state index is 13.2. The van der Waals surface area contributed by atoms with Gasteiger partial charge in [-0.15, -0.1) is 0 Å². The van der Waals surface area contributed by atoms with E-state index in [0.29, 0.717) is 12.2 Å². The van der Waals surface area contributed by atoms with Crippen LogP contribution in [0.2, 0.25) is 0 Å². The second kappa shape index (κ2) is 18.4. The number of benzene rings is 2. The van der Waals surface area contributed by atoms with E-state index < -0.39 is 11.9 Å². The number of nitrogens with two attached hydrogens (primary N) is 1. The van der Waals surface area contributed by atoms with Gasteiger partial charge in [0.1, 0.15) is 6.54 Å². The van der Waals surface area contributed by atoms with Crippen molar-refractivity contribution in [3.05, 3.63) is 133 Å². The first kappa shape index (κ1) is 35.9. The number of primary amides is 1. The van der Waals surface area contributed by atoms with Crippen molar-refractivity contribution >= 4 is 29.2 Å². The Kier molecular flexibility index (Phi) is 14.7. The molecule has 1 aliphatic rings. The number of hydrogen-bond acceptors (Lipinski definition) is 6. The van der Waals surface area contributed by atoms with E-state index in [4.69, 9.17) is 10.2 Å². The van der Waals surface area contributed by atoms with Gasteiger partial charge in [-0.1, -0.05) is 82.0 Å². The molecule has 3 heterocycles. The van der Waals surface area contributed by atoms with Crippen LogP contribution in [-0.4, -0.2) is 35.5 Å². The molecule has 2 aromatic carbocycles. The average Bonchev–Trinajstić information content (AvgIpc) is 3.73. The van der Waals surface area contributed by atoms with Crippen LogP contribution in [0.25, 0.3) is 0 Å². The van der Waals surface area contributed by atoms with Gasteiger partial charge in [-0.2, -0.15) is 0 Å². The number of para-hydroxylation sites is 2. The van der Waals surface area contributed by atoms with Crippen molar-refractivity contribution in [3.8, 4) is 0 Å². The molecule has 238 valence electrons. The number of allylic oxidation sites excluding steroid dienone is 2. The first-order chi connectivity index (χ1) is 21.6. The molecule has 2 unspecified atom stereocenters. The van der Waals surface area contributed by atoms with E-state index in [1.807, 2.05) is 73.3 Å². The summed E-state index contributed by atoms with van der Waals surface area (Å²) in [5.74, 6) is -1.11. The maximum Gasteiger partial charge on any atom is 0.323 e. The zero-order valence-corrected chi connectivity index (χ0v) is 26.4. The second-order valence-electron chi connectivity index (χ2n) is 10.2. The van der Waals surface area contributed by atoms with Crippen LogP contribution in [0, 0.1) is 6.92 Å². The lowest BCUT2D eigenvalue weighted by molar-refractivity contribution is -0.135. The van der Waals surface area contributed by atoms with Gasteiger partial charge in [0.05, 0.1) is 18.6 Å². The van der Waals surface area contributed by atoms with E-state index in [2.05, 4.69) is 31.4 Å². The van der Waals surface area contributed by atoms with E-state index in [9.17, 15) is 19.5 Å². The third kappa shape index (κ3) is 10.4. The molecule has 9 nitrogen and oxygen atoms in total. The number of aliphatic carboxylic acids is 1. The predicted molar refractivity (Wildman–Crippen MR) is 179 cm³/mol. The third-order valence-corrected chi connectivity index (χ3v) is 6.42. The molecule has 0 aliphatic carbocycles. The Bertz CT molecular complexity index is 1500. The number of furan rings is 2. The van der Waals surface area contributed by atoms with Crippen molar-refractivity contribution in [1.82, 2.24) is 0 Å². The van der Waals surface area contributed by atoms with Crippen LogP contribution >= 0.6 is 0 Å². The van der Waals surface area contributed by atoms with Crippen molar-refractivity contribution in [2.24, 2.45) is 5.73 Å². The number of aryl methyl sites for hydroxylation is 1. The molecule has 0 saturated heterocycles. The van der Waals surface area contributed by atoms with Gasteiger partial charge in [0.25, 0.3) is 11.8 Å². The van der Waals surface area contributed by atoms with Gasteiger partial charge in [-0.3, -0.25) is 14.4 Å².